The zero-order valence-corrected chi connectivity index (χ0v) is 16.5. The van der Waals surface area contributed by atoms with Gasteiger partial charge in [0.05, 0.1) is 13.2 Å². The Bertz CT molecular complexity index is 679. The van der Waals surface area contributed by atoms with Gasteiger partial charge in [-0.25, -0.2) is 0 Å². The molecule has 3 rings (SSSR count). The molecular formula is C21H28O4P. The summed E-state index contributed by atoms with van der Waals surface area (Å²) in [5.74, 6) is 0.554. The van der Waals surface area contributed by atoms with Crippen LogP contribution >= 0.6 is 8.17 Å². The minimum absolute atomic E-state index is 0.0111. The molecule has 0 unspecified atom stereocenters. The van der Waals surface area contributed by atoms with Crippen LogP contribution in [0.15, 0.2) is 54.6 Å². The SMILES string of the molecule is CCCCC1(CC)CO[P](O)(Oc2ccc(-c3ccccc3)cc2)OC1. The van der Waals surface area contributed by atoms with E-state index in [0.717, 1.165) is 36.8 Å². The van der Waals surface area contributed by atoms with Gasteiger partial charge in [-0.2, -0.15) is 0 Å². The third-order valence-electron chi connectivity index (χ3n) is 5.06. The average Bonchev–Trinajstić information content (AvgIpc) is 2.69. The molecule has 5 heteroatoms. The predicted molar refractivity (Wildman–Crippen MR) is 106 cm³/mol. The summed E-state index contributed by atoms with van der Waals surface area (Å²) in [5.41, 5.74) is 2.22. The van der Waals surface area contributed by atoms with Crippen molar-refractivity contribution in [2.24, 2.45) is 5.41 Å². The van der Waals surface area contributed by atoms with Gasteiger partial charge in [-0.15, -0.1) is 0 Å². The first-order valence-electron chi connectivity index (χ1n) is 9.34. The standard InChI is InChI=1S/C21H28O4P/c1-3-5-15-21(4-2)16-23-26(22,24-17-21)25-20-13-11-19(12-14-20)18-9-7-6-8-10-18/h6-14,22H,3-5,15-17H2,1-2H3. The van der Waals surface area contributed by atoms with E-state index in [1.807, 2.05) is 42.5 Å². The number of hydrogen-bond donors (Lipinski definition) is 1. The van der Waals surface area contributed by atoms with Gasteiger partial charge in [0.25, 0.3) is 0 Å². The number of benzene rings is 2. The lowest BCUT2D eigenvalue weighted by atomic mass is 9.82. The zero-order valence-electron chi connectivity index (χ0n) is 15.6. The van der Waals surface area contributed by atoms with Gasteiger partial charge in [-0.05, 0) is 36.1 Å². The zero-order chi connectivity index (χ0) is 18.5. The molecule has 1 fully saturated rings. The van der Waals surface area contributed by atoms with E-state index in [2.05, 4.69) is 26.0 Å². The maximum Gasteiger partial charge on any atom is 0.433 e. The van der Waals surface area contributed by atoms with Gasteiger partial charge in [0, 0.05) is 5.41 Å². The predicted octanol–water partition coefficient (Wildman–Crippen LogP) is 6.04. The van der Waals surface area contributed by atoms with Gasteiger partial charge < -0.3 is 9.42 Å². The molecule has 1 N–H and O–H groups in total. The average molecular weight is 375 g/mol. The number of hydrogen-bond acceptors (Lipinski definition) is 4. The maximum atomic E-state index is 10.6. The summed E-state index contributed by atoms with van der Waals surface area (Å²) in [4.78, 5) is 10.6. The molecule has 0 saturated carbocycles. The summed E-state index contributed by atoms with van der Waals surface area (Å²) in [6.45, 7) is 5.29. The Morgan fingerprint density at radius 1 is 0.962 bits per heavy atom. The molecular weight excluding hydrogens is 347 g/mol. The Hall–Kier alpha value is -1.45. The highest BCUT2D eigenvalue weighted by atomic mass is 31.2. The lowest BCUT2D eigenvalue weighted by Gasteiger charge is -2.42. The first-order valence-corrected chi connectivity index (χ1v) is 10.8. The first kappa shape index (κ1) is 19.3. The molecule has 4 nitrogen and oxygen atoms in total. The Morgan fingerprint density at radius 3 is 2.15 bits per heavy atom. The molecule has 0 aromatic heterocycles. The lowest BCUT2D eigenvalue weighted by molar-refractivity contribution is -0.0276. The molecule has 0 bridgehead atoms. The van der Waals surface area contributed by atoms with Crippen LogP contribution in [0.3, 0.4) is 0 Å². The molecule has 141 valence electrons. The highest BCUT2D eigenvalue weighted by molar-refractivity contribution is 7.55. The molecule has 2 aromatic carbocycles. The fourth-order valence-electron chi connectivity index (χ4n) is 3.12. The monoisotopic (exact) mass is 375 g/mol. The molecule has 0 spiro atoms. The summed E-state index contributed by atoms with van der Waals surface area (Å²) < 4.78 is 17.1. The molecule has 1 heterocycles. The Kier molecular flexibility index (Phi) is 6.31. The van der Waals surface area contributed by atoms with Crippen molar-refractivity contribution in [1.82, 2.24) is 0 Å². The van der Waals surface area contributed by atoms with Gasteiger partial charge in [0.15, 0.2) is 0 Å². The second-order valence-electron chi connectivity index (χ2n) is 6.95. The van der Waals surface area contributed by atoms with Gasteiger partial charge in [0.1, 0.15) is 5.75 Å². The largest absolute Gasteiger partial charge is 0.433 e. The molecule has 0 amide bonds. The van der Waals surface area contributed by atoms with E-state index >= 15 is 0 Å². The van der Waals surface area contributed by atoms with Crippen LogP contribution in [-0.2, 0) is 9.05 Å². The second-order valence-corrected chi connectivity index (χ2v) is 8.59. The van der Waals surface area contributed by atoms with Crippen LogP contribution in [0.4, 0.5) is 0 Å². The van der Waals surface area contributed by atoms with E-state index in [-0.39, 0.29) is 5.41 Å². The van der Waals surface area contributed by atoms with Crippen LogP contribution in [-0.4, -0.2) is 18.1 Å². The van der Waals surface area contributed by atoms with Crippen LogP contribution < -0.4 is 4.52 Å². The van der Waals surface area contributed by atoms with Crippen LogP contribution in [0.5, 0.6) is 5.75 Å². The minimum atomic E-state index is -3.30. The second kappa shape index (κ2) is 8.49. The Balaban J connectivity index is 1.62. The first-order chi connectivity index (χ1) is 12.6. The van der Waals surface area contributed by atoms with Gasteiger partial charge in [-0.3, -0.25) is 9.05 Å². The van der Waals surface area contributed by atoms with Crippen molar-refractivity contribution in [2.45, 2.75) is 39.5 Å². The van der Waals surface area contributed by atoms with Gasteiger partial charge >= 0.3 is 8.17 Å². The van der Waals surface area contributed by atoms with Crippen molar-refractivity contribution in [3.63, 3.8) is 0 Å². The summed E-state index contributed by atoms with van der Waals surface area (Å²) in [7, 11) is -3.30. The molecule has 26 heavy (non-hydrogen) atoms. The smallest absolute Gasteiger partial charge is 0.415 e. The molecule has 0 atom stereocenters. The lowest BCUT2D eigenvalue weighted by Crippen LogP contribution is -2.37. The summed E-state index contributed by atoms with van der Waals surface area (Å²) in [5, 5.41) is 0. The molecule has 1 saturated heterocycles. The van der Waals surface area contributed by atoms with Crippen molar-refractivity contribution in [3.05, 3.63) is 54.6 Å². The van der Waals surface area contributed by atoms with E-state index < -0.39 is 8.17 Å². The van der Waals surface area contributed by atoms with E-state index in [0.29, 0.717) is 19.0 Å². The van der Waals surface area contributed by atoms with Gasteiger partial charge in [0.2, 0.25) is 0 Å². The normalized spacial score (nSPS) is 25.8. The topological polar surface area (TPSA) is 47.9 Å². The van der Waals surface area contributed by atoms with Gasteiger partial charge in [-0.1, -0.05) is 69.2 Å². The fraction of sp³-hybridized carbons (Fsp3) is 0.429. The highest BCUT2D eigenvalue weighted by Gasteiger charge is 2.44. The van der Waals surface area contributed by atoms with Crippen LogP contribution in [0.2, 0.25) is 0 Å². The summed E-state index contributed by atoms with van der Waals surface area (Å²) >= 11 is 0. The van der Waals surface area contributed by atoms with Crippen molar-refractivity contribution in [3.8, 4) is 16.9 Å². The summed E-state index contributed by atoms with van der Waals surface area (Å²) in [6, 6.07) is 17.8. The van der Waals surface area contributed by atoms with E-state index in [1.54, 1.807) is 0 Å². The Morgan fingerprint density at radius 2 is 1.58 bits per heavy atom. The maximum absolute atomic E-state index is 10.6. The summed E-state index contributed by atoms with van der Waals surface area (Å²) in [6.07, 6.45) is 4.30. The van der Waals surface area contributed by atoms with Crippen LogP contribution in [0, 0.1) is 5.41 Å². The fourth-order valence-corrected chi connectivity index (χ4v) is 4.56. The van der Waals surface area contributed by atoms with E-state index in [4.69, 9.17) is 13.6 Å². The molecule has 1 aliphatic rings. The molecule has 2 aromatic rings. The third kappa shape index (κ3) is 4.63. The number of rotatable bonds is 7. The molecule has 1 radical (unpaired) electrons. The third-order valence-corrected chi connectivity index (χ3v) is 6.41. The van der Waals surface area contributed by atoms with E-state index in [1.165, 1.54) is 0 Å². The molecule has 1 aliphatic heterocycles. The Labute approximate surface area is 156 Å². The minimum Gasteiger partial charge on any atom is -0.415 e. The number of unbranched alkanes of at least 4 members (excludes halogenated alkanes) is 1. The van der Waals surface area contributed by atoms with Crippen LogP contribution in [0.25, 0.3) is 11.1 Å². The van der Waals surface area contributed by atoms with Crippen molar-refractivity contribution in [2.75, 3.05) is 13.2 Å². The highest BCUT2D eigenvalue weighted by Crippen LogP contribution is 2.62. The quantitative estimate of drug-likeness (QED) is 0.600. The van der Waals surface area contributed by atoms with Crippen molar-refractivity contribution >= 4 is 8.17 Å². The van der Waals surface area contributed by atoms with Crippen molar-refractivity contribution < 1.29 is 18.5 Å². The van der Waals surface area contributed by atoms with E-state index in [9.17, 15) is 4.89 Å². The molecule has 0 aliphatic carbocycles. The van der Waals surface area contributed by atoms with Crippen molar-refractivity contribution in [1.29, 1.82) is 0 Å². The van der Waals surface area contributed by atoms with Crippen LogP contribution in [0.1, 0.15) is 39.5 Å².